The molecule has 2 aromatic carbocycles. The third-order valence-corrected chi connectivity index (χ3v) is 5.29. The van der Waals surface area contributed by atoms with E-state index in [9.17, 15) is 14.0 Å². The number of anilines is 1. The largest absolute Gasteiger partial charge is 0.368 e. The SMILES string of the molecule is O=C(CCC(=O)N1CCN(c2ccc(F)cc2)CC1)NCCc1ccc(Cl)cc1. The molecule has 0 spiro atoms. The highest BCUT2D eigenvalue weighted by atomic mass is 35.5. The average Bonchev–Trinajstić information content (AvgIpc) is 2.74. The third kappa shape index (κ3) is 6.46. The lowest BCUT2D eigenvalue weighted by Gasteiger charge is -2.36. The molecule has 3 rings (SSSR count). The molecule has 1 aliphatic rings. The molecule has 1 heterocycles. The van der Waals surface area contributed by atoms with E-state index >= 15 is 0 Å². The Balaban J connectivity index is 1.33. The number of carbonyl (C=O) groups is 2. The topological polar surface area (TPSA) is 52.7 Å². The molecule has 0 radical (unpaired) electrons. The second kappa shape index (κ2) is 10.3. The highest BCUT2D eigenvalue weighted by molar-refractivity contribution is 6.30. The Kier molecular flexibility index (Phi) is 7.47. The van der Waals surface area contributed by atoms with Gasteiger partial charge in [-0.05, 0) is 48.4 Å². The molecule has 0 unspecified atom stereocenters. The van der Waals surface area contributed by atoms with Crippen molar-refractivity contribution in [3.63, 3.8) is 0 Å². The number of nitrogens with zero attached hydrogens (tertiary/aromatic N) is 2. The van der Waals surface area contributed by atoms with E-state index in [0.29, 0.717) is 37.7 Å². The predicted octanol–water partition coefficient (Wildman–Crippen LogP) is 3.27. The number of piperazine rings is 1. The van der Waals surface area contributed by atoms with E-state index < -0.39 is 0 Å². The summed E-state index contributed by atoms with van der Waals surface area (Å²) in [6, 6.07) is 13.9. The minimum Gasteiger partial charge on any atom is -0.368 e. The van der Waals surface area contributed by atoms with Crippen molar-refractivity contribution in [2.75, 3.05) is 37.6 Å². The predicted molar refractivity (Wildman–Crippen MR) is 113 cm³/mol. The van der Waals surface area contributed by atoms with Crippen LogP contribution in [0.5, 0.6) is 0 Å². The lowest BCUT2D eigenvalue weighted by Crippen LogP contribution is -2.49. The average molecular weight is 418 g/mol. The standard InChI is InChI=1S/C22H25ClFN3O2/c23-18-3-1-17(2-4-18)11-12-25-21(28)9-10-22(29)27-15-13-26(14-16-27)20-7-5-19(24)6-8-20/h1-8H,9-16H2,(H,25,28). The van der Waals surface area contributed by atoms with Crippen LogP contribution in [0.1, 0.15) is 18.4 Å². The summed E-state index contributed by atoms with van der Waals surface area (Å²) in [4.78, 5) is 28.3. The lowest BCUT2D eigenvalue weighted by molar-refractivity contribution is -0.133. The van der Waals surface area contributed by atoms with Gasteiger partial charge in [-0.2, -0.15) is 0 Å². The van der Waals surface area contributed by atoms with Gasteiger partial charge in [0.2, 0.25) is 11.8 Å². The highest BCUT2D eigenvalue weighted by Crippen LogP contribution is 2.17. The summed E-state index contributed by atoms with van der Waals surface area (Å²) in [5.74, 6) is -0.372. The van der Waals surface area contributed by atoms with E-state index in [1.54, 1.807) is 17.0 Å². The molecule has 5 nitrogen and oxygen atoms in total. The van der Waals surface area contributed by atoms with Crippen LogP contribution < -0.4 is 10.2 Å². The van der Waals surface area contributed by atoms with Gasteiger partial charge in [0.25, 0.3) is 0 Å². The maximum Gasteiger partial charge on any atom is 0.223 e. The molecular weight excluding hydrogens is 393 g/mol. The second-order valence-corrected chi connectivity index (χ2v) is 7.51. The molecular formula is C22H25ClFN3O2. The van der Waals surface area contributed by atoms with Crippen molar-refractivity contribution in [3.8, 4) is 0 Å². The van der Waals surface area contributed by atoms with Crippen LogP contribution >= 0.6 is 11.6 Å². The molecule has 29 heavy (non-hydrogen) atoms. The number of rotatable bonds is 7. The van der Waals surface area contributed by atoms with Gasteiger partial charge in [0.15, 0.2) is 0 Å². The normalized spacial score (nSPS) is 14.0. The molecule has 1 saturated heterocycles. The molecule has 1 fully saturated rings. The molecule has 7 heteroatoms. The molecule has 0 atom stereocenters. The minimum atomic E-state index is -0.256. The summed E-state index contributed by atoms with van der Waals surface area (Å²) in [5.41, 5.74) is 2.06. The molecule has 0 aromatic heterocycles. The highest BCUT2D eigenvalue weighted by Gasteiger charge is 2.21. The maximum absolute atomic E-state index is 13.0. The Labute approximate surface area is 175 Å². The number of benzene rings is 2. The van der Waals surface area contributed by atoms with Crippen molar-refractivity contribution >= 4 is 29.1 Å². The number of halogens is 2. The zero-order valence-corrected chi connectivity index (χ0v) is 17.0. The van der Waals surface area contributed by atoms with E-state index in [-0.39, 0.29) is 30.5 Å². The minimum absolute atomic E-state index is 0.00314. The fourth-order valence-corrected chi connectivity index (χ4v) is 3.46. The van der Waals surface area contributed by atoms with Crippen LogP contribution in [-0.4, -0.2) is 49.4 Å². The molecule has 0 bridgehead atoms. The first-order valence-electron chi connectivity index (χ1n) is 9.81. The molecule has 2 amide bonds. The number of hydrogen-bond donors (Lipinski definition) is 1. The van der Waals surface area contributed by atoms with E-state index in [0.717, 1.165) is 17.7 Å². The Hall–Kier alpha value is -2.60. The first-order valence-corrected chi connectivity index (χ1v) is 10.2. The Morgan fingerprint density at radius 1 is 0.931 bits per heavy atom. The van der Waals surface area contributed by atoms with Crippen LogP contribution in [-0.2, 0) is 16.0 Å². The second-order valence-electron chi connectivity index (χ2n) is 7.07. The van der Waals surface area contributed by atoms with E-state index in [4.69, 9.17) is 11.6 Å². The van der Waals surface area contributed by atoms with Crippen LogP contribution in [0.3, 0.4) is 0 Å². The van der Waals surface area contributed by atoms with Gasteiger partial charge >= 0.3 is 0 Å². The first kappa shape index (κ1) is 21.1. The lowest BCUT2D eigenvalue weighted by atomic mass is 10.1. The number of amides is 2. The van der Waals surface area contributed by atoms with Crippen molar-refractivity contribution in [2.24, 2.45) is 0 Å². The fraction of sp³-hybridized carbons (Fsp3) is 0.364. The van der Waals surface area contributed by atoms with Crippen LogP contribution in [0.25, 0.3) is 0 Å². The summed E-state index contributed by atoms with van der Waals surface area (Å²) in [6.07, 6.45) is 1.13. The summed E-state index contributed by atoms with van der Waals surface area (Å²) in [5, 5.41) is 3.55. The van der Waals surface area contributed by atoms with Crippen molar-refractivity contribution in [2.45, 2.75) is 19.3 Å². The summed E-state index contributed by atoms with van der Waals surface area (Å²) in [6.45, 7) is 3.14. The van der Waals surface area contributed by atoms with Crippen LogP contribution in [0, 0.1) is 5.82 Å². The van der Waals surface area contributed by atoms with Crippen molar-refractivity contribution in [1.29, 1.82) is 0 Å². The number of nitrogens with one attached hydrogen (secondary N) is 1. The van der Waals surface area contributed by atoms with Gasteiger partial charge in [0, 0.05) is 56.3 Å². The van der Waals surface area contributed by atoms with Gasteiger partial charge in [-0.1, -0.05) is 23.7 Å². The summed E-state index contributed by atoms with van der Waals surface area (Å²) < 4.78 is 13.0. The van der Waals surface area contributed by atoms with Gasteiger partial charge in [0.05, 0.1) is 0 Å². The molecule has 1 N–H and O–H groups in total. The molecule has 0 saturated carbocycles. The summed E-state index contributed by atoms with van der Waals surface area (Å²) in [7, 11) is 0. The third-order valence-electron chi connectivity index (χ3n) is 5.04. The van der Waals surface area contributed by atoms with E-state index in [1.807, 2.05) is 24.3 Å². The first-order chi connectivity index (χ1) is 14.0. The van der Waals surface area contributed by atoms with Gasteiger partial charge in [0.1, 0.15) is 5.82 Å². The van der Waals surface area contributed by atoms with Crippen molar-refractivity contribution in [3.05, 3.63) is 64.9 Å². The van der Waals surface area contributed by atoms with Crippen molar-refractivity contribution in [1.82, 2.24) is 10.2 Å². The smallest absolute Gasteiger partial charge is 0.223 e. The van der Waals surface area contributed by atoms with Crippen LogP contribution in [0.15, 0.2) is 48.5 Å². The maximum atomic E-state index is 13.0. The van der Waals surface area contributed by atoms with Crippen LogP contribution in [0.2, 0.25) is 5.02 Å². The Morgan fingerprint density at radius 2 is 1.59 bits per heavy atom. The van der Waals surface area contributed by atoms with Gasteiger partial charge < -0.3 is 15.1 Å². The summed E-state index contributed by atoms with van der Waals surface area (Å²) >= 11 is 5.85. The monoisotopic (exact) mass is 417 g/mol. The zero-order valence-electron chi connectivity index (χ0n) is 16.2. The fourth-order valence-electron chi connectivity index (χ4n) is 3.33. The van der Waals surface area contributed by atoms with Crippen LogP contribution in [0.4, 0.5) is 10.1 Å². The van der Waals surface area contributed by atoms with Gasteiger partial charge in [-0.3, -0.25) is 9.59 Å². The molecule has 2 aromatic rings. The van der Waals surface area contributed by atoms with E-state index in [1.165, 1.54) is 12.1 Å². The molecule has 1 aliphatic heterocycles. The zero-order chi connectivity index (χ0) is 20.6. The molecule has 0 aliphatic carbocycles. The number of hydrogen-bond acceptors (Lipinski definition) is 3. The molecule has 154 valence electrons. The van der Waals surface area contributed by atoms with Gasteiger partial charge in [-0.25, -0.2) is 4.39 Å². The Morgan fingerprint density at radius 3 is 2.24 bits per heavy atom. The quantitative estimate of drug-likeness (QED) is 0.752. The van der Waals surface area contributed by atoms with Crippen molar-refractivity contribution < 1.29 is 14.0 Å². The van der Waals surface area contributed by atoms with Gasteiger partial charge in [-0.15, -0.1) is 0 Å². The number of carbonyl (C=O) groups excluding carboxylic acids is 2. The Bertz CT molecular complexity index is 819. The van der Waals surface area contributed by atoms with E-state index in [2.05, 4.69) is 10.2 Å².